The van der Waals surface area contributed by atoms with Crippen LogP contribution in [0.5, 0.6) is 0 Å². The van der Waals surface area contributed by atoms with Crippen molar-refractivity contribution >= 4 is 11.3 Å². The summed E-state index contributed by atoms with van der Waals surface area (Å²) < 4.78 is 0. The highest BCUT2D eigenvalue weighted by atomic mass is 32.1. The molecule has 0 aliphatic carbocycles. The van der Waals surface area contributed by atoms with Crippen molar-refractivity contribution in [3.05, 3.63) is 21.9 Å². The van der Waals surface area contributed by atoms with Crippen molar-refractivity contribution in [1.82, 2.24) is 4.90 Å². The average molecular weight is 211 g/mol. The van der Waals surface area contributed by atoms with Gasteiger partial charge in [-0.3, -0.25) is 0 Å². The van der Waals surface area contributed by atoms with E-state index in [1.165, 1.54) is 23.4 Å². The van der Waals surface area contributed by atoms with E-state index in [0.717, 1.165) is 12.5 Å². The molecule has 2 heteroatoms. The molecule has 0 fully saturated rings. The zero-order valence-corrected chi connectivity index (χ0v) is 10.5. The molecule has 0 saturated heterocycles. The van der Waals surface area contributed by atoms with Gasteiger partial charge in [-0.15, -0.1) is 11.3 Å². The first-order chi connectivity index (χ1) is 6.63. The zero-order chi connectivity index (χ0) is 10.6. The Labute approximate surface area is 91.8 Å². The first-order valence-corrected chi connectivity index (χ1v) is 6.23. The number of aryl methyl sites for hydroxylation is 1. The molecular formula is C12H21NS. The number of hydrogen-bond donors (Lipinski definition) is 0. The molecule has 0 amide bonds. The van der Waals surface area contributed by atoms with E-state index >= 15 is 0 Å². The quantitative estimate of drug-likeness (QED) is 0.720. The number of nitrogens with zero attached hydrogens (tertiary/aromatic N) is 1. The van der Waals surface area contributed by atoms with Gasteiger partial charge >= 0.3 is 0 Å². The average Bonchev–Trinajstić information content (AvgIpc) is 2.51. The summed E-state index contributed by atoms with van der Waals surface area (Å²) >= 11 is 1.87. The lowest BCUT2D eigenvalue weighted by Gasteiger charge is -2.20. The Balaban J connectivity index is 2.41. The van der Waals surface area contributed by atoms with Gasteiger partial charge in [-0.1, -0.05) is 20.3 Å². The predicted octanol–water partition coefficient (Wildman–Crippen LogP) is 3.53. The Hall–Kier alpha value is -0.340. The van der Waals surface area contributed by atoms with Crippen LogP contribution in [-0.2, 0) is 6.54 Å². The highest BCUT2D eigenvalue weighted by molar-refractivity contribution is 7.10. The second-order valence-corrected chi connectivity index (χ2v) is 5.24. The third kappa shape index (κ3) is 3.43. The van der Waals surface area contributed by atoms with Crippen LogP contribution in [0.1, 0.15) is 30.7 Å². The molecule has 1 nitrogen and oxygen atoms in total. The molecule has 0 radical (unpaired) electrons. The van der Waals surface area contributed by atoms with E-state index < -0.39 is 0 Å². The first kappa shape index (κ1) is 11.7. The fraction of sp³-hybridized carbons (Fsp3) is 0.667. The van der Waals surface area contributed by atoms with Crippen molar-refractivity contribution < 1.29 is 0 Å². The molecule has 0 bridgehead atoms. The Morgan fingerprint density at radius 2 is 2.21 bits per heavy atom. The molecule has 1 rings (SSSR count). The Morgan fingerprint density at radius 1 is 1.50 bits per heavy atom. The molecule has 14 heavy (non-hydrogen) atoms. The van der Waals surface area contributed by atoms with E-state index in [1.807, 2.05) is 11.3 Å². The summed E-state index contributed by atoms with van der Waals surface area (Å²) in [5.74, 6) is 0.806. The third-order valence-electron chi connectivity index (χ3n) is 2.70. The zero-order valence-electron chi connectivity index (χ0n) is 9.71. The highest BCUT2D eigenvalue weighted by Crippen LogP contribution is 2.17. The van der Waals surface area contributed by atoms with Crippen molar-refractivity contribution in [1.29, 1.82) is 0 Å². The maximum atomic E-state index is 2.42. The van der Waals surface area contributed by atoms with Gasteiger partial charge < -0.3 is 4.90 Å². The Morgan fingerprint density at radius 3 is 2.71 bits per heavy atom. The highest BCUT2D eigenvalue weighted by Gasteiger charge is 2.07. The largest absolute Gasteiger partial charge is 0.301 e. The van der Waals surface area contributed by atoms with Crippen LogP contribution in [0.4, 0.5) is 0 Å². The predicted molar refractivity (Wildman–Crippen MR) is 64.8 cm³/mol. The normalized spacial score (nSPS) is 13.5. The van der Waals surface area contributed by atoms with Gasteiger partial charge in [0.15, 0.2) is 0 Å². The summed E-state index contributed by atoms with van der Waals surface area (Å²) in [5, 5.41) is 2.18. The van der Waals surface area contributed by atoms with Crippen LogP contribution in [-0.4, -0.2) is 18.5 Å². The van der Waals surface area contributed by atoms with Gasteiger partial charge in [-0.05, 0) is 36.9 Å². The van der Waals surface area contributed by atoms with Crippen LogP contribution in [0.15, 0.2) is 11.4 Å². The summed E-state index contributed by atoms with van der Waals surface area (Å²) in [5.41, 5.74) is 1.44. The first-order valence-electron chi connectivity index (χ1n) is 5.35. The van der Waals surface area contributed by atoms with E-state index in [1.54, 1.807) is 0 Å². The van der Waals surface area contributed by atoms with Crippen molar-refractivity contribution in [3.8, 4) is 0 Å². The van der Waals surface area contributed by atoms with E-state index in [9.17, 15) is 0 Å². The van der Waals surface area contributed by atoms with Crippen molar-refractivity contribution in [2.75, 3.05) is 13.6 Å². The van der Waals surface area contributed by atoms with Crippen molar-refractivity contribution in [2.24, 2.45) is 5.92 Å². The minimum absolute atomic E-state index is 0.806. The fourth-order valence-electron chi connectivity index (χ4n) is 1.54. The minimum atomic E-state index is 0.806. The molecule has 1 heterocycles. The second kappa shape index (κ2) is 5.52. The van der Waals surface area contributed by atoms with Gasteiger partial charge in [0, 0.05) is 18.0 Å². The third-order valence-corrected chi connectivity index (χ3v) is 3.71. The van der Waals surface area contributed by atoms with Crippen LogP contribution in [0.3, 0.4) is 0 Å². The number of hydrogen-bond acceptors (Lipinski definition) is 2. The maximum Gasteiger partial charge on any atom is 0.0327 e. The summed E-state index contributed by atoms with van der Waals surface area (Å²) in [6.45, 7) is 9.08. The molecule has 0 N–H and O–H groups in total. The maximum absolute atomic E-state index is 2.42. The SMILES string of the molecule is CC[C@H](C)CN(C)Cc1sccc1C. The summed E-state index contributed by atoms with van der Waals surface area (Å²) in [6.07, 6.45) is 1.27. The summed E-state index contributed by atoms with van der Waals surface area (Å²) in [6, 6.07) is 2.21. The molecule has 0 aromatic carbocycles. The van der Waals surface area contributed by atoms with Gasteiger partial charge in [-0.25, -0.2) is 0 Å². The molecule has 0 spiro atoms. The molecule has 0 aliphatic rings. The Bertz CT molecular complexity index is 267. The minimum Gasteiger partial charge on any atom is -0.301 e. The smallest absolute Gasteiger partial charge is 0.0327 e. The standard InChI is InChI=1S/C12H21NS/c1-5-10(2)8-13(4)9-12-11(3)6-7-14-12/h6-7,10H,5,8-9H2,1-4H3/t10-/m0/s1. The second-order valence-electron chi connectivity index (χ2n) is 4.24. The molecule has 1 aromatic rings. The van der Waals surface area contributed by atoms with Crippen LogP contribution in [0, 0.1) is 12.8 Å². The van der Waals surface area contributed by atoms with Crippen molar-refractivity contribution in [2.45, 2.75) is 33.7 Å². The van der Waals surface area contributed by atoms with E-state index in [-0.39, 0.29) is 0 Å². The molecule has 1 atom stereocenters. The number of thiophene rings is 1. The van der Waals surface area contributed by atoms with E-state index in [0.29, 0.717) is 0 Å². The molecule has 0 unspecified atom stereocenters. The number of rotatable bonds is 5. The van der Waals surface area contributed by atoms with Crippen LogP contribution in [0.25, 0.3) is 0 Å². The topological polar surface area (TPSA) is 3.24 Å². The van der Waals surface area contributed by atoms with Crippen LogP contribution >= 0.6 is 11.3 Å². The summed E-state index contributed by atoms with van der Waals surface area (Å²) in [4.78, 5) is 3.93. The van der Waals surface area contributed by atoms with Crippen molar-refractivity contribution in [3.63, 3.8) is 0 Å². The fourth-order valence-corrected chi connectivity index (χ4v) is 2.52. The Kier molecular flexibility index (Phi) is 4.63. The van der Waals surface area contributed by atoms with Gasteiger partial charge in [0.05, 0.1) is 0 Å². The lowest BCUT2D eigenvalue weighted by atomic mass is 10.1. The molecule has 80 valence electrons. The van der Waals surface area contributed by atoms with Crippen LogP contribution in [0.2, 0.25) is 0 Å². The lowest BCUT2D eigenvalue weighted by Crippen LogP contribution is -2.23. The van der Waals surface area contributed by atoms with Gasteiger partial charge in [-0.2, -0.15) is 0 Å². The summed E-state index contributed by atoms with van der Waals surface area (Å²) in [7, 11) is 2.21. The lowest BCUT2D eigenvalue weighted by molar-refractivity contribution is 0.277. The van der Waals surface area contributed by atoms with Gasteiger partial charge in [0.2, 0.25) is 0 Å². The van der Waals surface area contributed by atoms with Gasteiger partial charge in [0.25, 0.3) is 0 Å². The van der Waals surface area contributed by atoms with E-state index in [4.69, 9.17) is 0 Å². The molecule has 1 aromatic heterocycles. The molecule has 0 aliphatic heterocycles. The monoisotopic (exact) mass is 211 g/mol. The molecular weight excluding hydrogens is 190 g/mol. The van der Waals surface area contributed by atoms with Gasteiger partial charge in [0.1, 0.15) is 0 Å². The molecule has 0 saturated carbocycles. The van der Waals surface area contributed by atoms with E-state index in [2.05, 4.69) is 44.2 Å². The van der Waals surface area contributed by atoms with Crippen LogP contribution < -0.4 is 0 Å².